The molecule has 1 nitrogen and oxygen atoms in total. The Labute approximate surface area is 104 Å². The van der Waals surface area contributed by atoms with Crippen molar-refractivity contribution in [1.82, 2.24) is 0 Å². The second-order valence-electron chi connectivity index (χ2n) is 4.93. The molecule has 1 saturated carbocycles. The number of halogens is 1. The van der Waals surface area contributed by atoms with E-state index in [1.807, 2.05) is 11.3 Å². The molecule has 2 rings (SSSR count). The Morgan fingerprint density at radius 2 is 2.40 bits per heavy atom. The van der Waals surface area contributed by atoms with Gasteiger partial charge in [0, 0.05) is 4.88 Å². The van der Waals surface area contributed by atoms with Gasteiger partial charge in [-0.15, -0.1) is 11.3 Å². The van der Waals surface area contributed by atoms with Gasteiger partial charge in [0.25, 0.3) is 0 Å². The Balaban J connectivity index is 2.08. The summed E-state index contributed by atoms with van der Waals surface area (Å²) in [5.74, 6) is 0.858. The molecule has 84 valence electrons. The lowest BCUT2D eigenvalue weighted by atomic mass is 9.81. The van der Waals surface area contributed by atoms with Gasteiger partial charge >= 0.3 is 0 Å². The molecule has 1 aliphatic rings. The summed E-state index contributed by atoms with van der Waals surface area (Å²) in [4.78, 5) is 1.47. The van der Waals surface area contributed by atoms with Crippen molar-refractivity contribution in [1.29, 1.82) is 0 Å². The molecule has 1 aliphatic carbocycles. The summed E-state index contributed by atoms with van der Waals surface area (Å²) in [6.07, 6.45) is 5.13. The summed E-state index contributed by atoms with van der Waals surface area (Å²) in [5.41, 5.74) is 6.37. The van der Waals surface area contributed by atoms with Gasteiger partial charge in [-0.25, -0.2) is 0 Å². The normalized spacial score (nSPS) is 31.0. The summed E-state index contributed by atoms with van der Waals surface area (Å²) in [7, 11) is 0. The van der Waals surface area contributed by atoms with E-state index in [0.29, 0.717) is 5.41 Å². The lowest BCUT2D eigenvalue weighted by Gasteiger charge is -2.26. The molecule has 0 bridgehead atoms. The van der Waals surface area contributed by atoms with Gasteiger partial charge in [0.1, 0.15) is 0 Å². The monoisotopic (exact) mass is 287 g/mol. The molecule has 1 heterocycles. The smallest absolute Gasteiger partial charge is 0.0701 e. The van der Waals surface area contributed by atoms with E-state index in [1.165, 1.54) is 34.3 Å². The highest BCUT2D eigenvalue weighted by Gasteiger charge is 2.36. The van der Waals surface area contributed by atoms with E-state index in [9.17, 15) is 0 Å². The lowest BCUT2D eigenvalue weighted by Crippen LogP contribution is -2.29. The van der Waals surface area contributed by atoms with E-state index in [4.69, 9.17) is 5.73 Å². The van der Waals surface area contributed by atoms with Crippen LogP contribution in [0.3, 0.4) is 0 Å². The van der Waals surface area contributed by atoms with Gasteiger partial charge in [0.05, 0.1) is 3.79 Å². The van der Waals surface area contributed by atoms with Crippen molar-refractivity contribution >= 4 is 27.3 Å². The Bertz CT molecular complexity index is 336. The fourth-order valence-electron chi connectivity index (χ4n) is 2.73. The quantitative estimate of drug-likeness (QED) is 0.899. The van der Waals surface area contributed by atoms with Crippen molar-refractivity contribution in [2.24, 2.45) is 17.1 Å². The van der Waals surface area contributed by atoms with Crippen LogP contribution in [0.5, 0.6) is 0 Å². The third kappa shape index (κ3) is 2.63. The predicted octanol–water partition coefficient (Wildman–Crippen LogP) is 3.82. The minimum atomic E-state index is 0.393. The molecule has 0 aromatic carbocycles. The molecule has 15 heavy (non-hydrogen) atoms. The third-order valence-electron chi connectivity index (χ3n) is 3.56. The SMILES string of the molecule is CC1CCC(CN)(Cc2ccc(Br)s2)C1. The zero-order valence-electron chi connectivity index (χ0n) is 9.13. The van der Waals surface area contributed by atoms with E-state index in [2.05, 4.69) is 35.0 Å². The van der Waals surface area contributed by atoms with Crippen molar-refractivity contribution in [3.05, 3.63) is 20.8 Å². The lowest BCUT2D eigenvalue weighted by molar-refractivity contribution is 0.298. The Morgan fingerprint density at radius 1 is 1.60 bits per heavy atom. The summed E-state index contributed by atoms with van der Waals surface area (Å²) in [6.45, 7) is 3.19. The molecular formula is C12H18BrNS. The van der Waals surface area contributed by atoms with Gasteiger partial charge in [0.2, 0.25) is 0 Å². The summed E-state index contributed by atoms with van der Waals surface area (Å²) in [5, 5.41) is 0. The van der Waals surface area contributed by atoms with Gasteiger partial charge in [-0.05, 0) is 65.2 Å². The van der Waals surface area contributed by atoms with Crippen molar-refractivity contribution in [2.75, 3.05) is 6.54 Å². The predicted molar refractivity (Wildman–Crippen MR) is 70.2 cm³/mol. The third-order valence-corrected chi connectivity index (χ3v) is 5.18. The van der Waals surface area contributed by atoms with Crippen LogP contribution in [0.15, 0.2) is 15.9 Å². The molecule has 1 aromatic rings. The second-order valence-corrected chi connectivity index (χ2v) is 7.48. The number of hydrogen-bond donors (Lipinski definition) is 1. The highest BCUT2D eigenvalue weighted by molar-refractivity contribution is 9.11. The molecule has 2 N–H and O–H groups in total. The molecule has 0 spiro atoms. The Morgan fingerprint density at radius 3 is 2.87 bits per heavy atom. The molecule has 1 fully saturated rings. The van der Waals surface area contributed by atoms with Crippen LogP contribution in [-0.2, 0) is 6.42 Å². The van der Waals surface area contributed by atoms with Gasteiger partial charge in [-0.1, -0.05) is 13.3 Å². The maximum absolute atomic E-state index is 5.98. The average molecular weight is 288 g/mol. The van der Waals surface area contributed by atoms with E-state index in [0.717, 1.165) is 12.5 Å². The molecule has 2 unspecified atom stereocenters. The van der Waals surface area contributed by atoms with Crippen molar-refractivity contribution < 1.29 is 0 Å². The minimum absolute atomic E-state index is 0.393. The van der Waals surface area contributed by atoms with Crippen LogP contribution >= 0.6 is 27.3 Å². The molecule has 3 heteroatoms. The van der Waals surface area contributed by atoms with E-state index in [1.54, 1.807) is 0 Å². The molecule has 2 atom stereocenters. The van der Waals surface area contributed by atoms with Crippen molar-refractivity contribution in [3.63, 3.8) is 0 Å². The van der Waals surface area contributed by atoms with E-state index in [-0.39, 0.29) is 0 Å². The van der Waals surface area contributed by atoms with Crippen molar-refractivity contribution in [3.8, 4) is 0 Å². The topological polar surface area (TPSA) is 26.0 Å². The number of nitrogens with two attached hydrogens (primary N) is 1. The van der Waals surface area contributed by atoms with Gasteiger partial charge in [-0.3, -0.25) is 0 Å². The van der Waals surface area contributed by atoms with Crippen LogP contribution in [0.2, 0.25) is 0 Å². The summed E-state index contributed by atoms with van der Waals surface area (Å²) < 4.78 is 1.23. The number of hydrogen-bond acceptors (Lipinski definition) is 2. The fraction of sp³-hybridized carbons (Fsp3) is 0.667. The first-order valence-electron chi connectivity index (χ1n) is 5.58. The van der Waals surface area contributed by atoms with Gasteiger partial charge in [-0.2, -0.15) is 0 Å². The first-order chi connectivity index (χ1) is 7.13. The van der Waals surface area contributed by atoms with Crippen LogP contribution in [-0.4, -0.2) is 6.54 Å². The maximum Gasteiger partial charge on any atom is 0.0701 e. The number of rotatable bonds is 3. The second kappa shape index (κ2) is 4.56. The summed E-state index contributed by atoms with van der Waals surface area (Å²) in [6, 6.07) is 4.37. The molecule has 0 saturated heterocycles. The first-order valence-corrected chi connectivity index (χ1v) is 7.19. The van der Waals surface area contributed by atoms with Crippen LogP contribution in [0.4, 0.5) is 0 Å². The fourth-order valence-corrected chi connectivity index (χ4v) is 4.39. The van der Waals surface area contributed by atoms with E-state index < -0.39 is 0 Å². The zero-order chi connectivity index (χ0) is 10.9. The van der Waals surface area contributed by atoms with Crippen LogP contribution in [0, 0.1) is 11.3 Å². The van der Waals surface area contributed by atoms with Gasteiger partial charge in [0.15, 0.2) is 0 Å². The van der Waals surface area contributed by atoms with Crippen molar-refractivity contribution in [2.45, 2.75) is 32.6 Å². The highest BCUT2D eigenvalue weighted by Crippen LogP contribution is 2.44. The average Bonchev–Trinajstić information content (AvgIpc) is 2.75. The zero-order valence-corrected chi connectivity index (χ0v) is 11.5. The minimum Gasteiger partial charge on any atom is -0.330 e. The van der Waals surface area contributed by atoms with Crippen LogP contribution < -0.4 is 5.73 Å². The molecule has 0 amide bonds. The Hall–Kier alpha value is 0.140. The highest BCUT2D eigenvalue weighted by atomic mass is 79.9. The largest absolute Gasteiger partial charge is 0.330 e. The molecule has 0 radical (unpaired) electrons. The Kier molecular flexibility index (Phi) is 3.53. The summed E-state index contributed by atoms with van der Waals surface area (Å²) >= 11 is 5.37. The molecule has 0 aliphatic heterocycles. The first kappa shape index (κ1) is 11.6. The van der Waals surface area contributed by atoms with Crippen LogP contribution in [0.25, 0.3) is 0 Å². The standard InChI is InChI=1S/C12H18BrNS/c1-9-4-5-12(6-9,8-14)7-10-2-3-11(13)15-10/h2-3,9H,4-8,14H2,1H3. The van der Waals surface area contributed by atoms with Crippen LogP contribution in [0.1, 0.15) is 31.1 Å². The molecule has 1 aromatic heterocycles. The molecular weight excluding hydrogens is 270 g/mol. The maximum atomic E-state index is 5.98. The number of thiophene rings is 1. The van der Waals surface area contributed by atoms with E-state index >= 15 is 0 Å². The van der Waals surface area contributed by atoms with Gasteiger partial charge < -0.3 is 5.73 Å².